The number of nitrogens with two attached hydrogens (primary N) is 1. The number of nitrogens with one attached hydrogen (secondary N) is 1. The van der Waals surface area contributed by atoms with E-state index in [0.717, 1.165) is 44.0 Å². The number of pyridine rings is 1. The maximum atomic E-state index is 9.02. The monoisotopic (exact) mass is 450 g/mol. The molecule has 5 heteroatoms. The number of hydrogen-bond donors (Lipinski definition) is 3. The van der Waals surface area contributed by atoms with Crippen molar-refractivity contribution in [2.24, 2.45) is 5.73 Å². The Morgan fingerprint density at radius 2 is 1.76 bits per heavy atom. The van der Waals surface area contributed by atoms with Crippen LogP contribution >= 0.6 is 0 Å². The molecule has 0 unspecified atom stereocenters. The summed E-state index contributed by atoms with van der Waals surface area (Å²) in [5.74, 6) is 1.07. The third-order valence-electron chi connectivity index (χ3n) is 7.87. The van der Waals surface area contributed by atoms with Crippen molar-refractivity contribution in [3.63, 3.8) is 0 Å². The highest BCUT2D eigenvalue weighted by Crippen LogP contribution is 2.46. The predicted octanol–water partition coefficient (Wildman–Crippen LogP) is 4.37. The first-order valence-electron chi connectivity index (χ1n) is 12.7. The smallest absolute Gasteiger partial charge is 0.129 e. The van der Waals surface area contributed by atoms with Crippen LogP contribution in [0.2, 0.25) is 0 Å². The lowest BCUT2D eigenvalue weighted by molar-refractivity contribution is 0.270. The van der Waals surface area contributed by atoms with Crippen molar-refractivity contribution in [1.29, 1.82) is 0 Å². The number of aromatic nitrogens is 1. The zero-order valence-corrected chi connectivity index (χ0v) is 20.9. The average Bonchev–Trinajstić information content (AvgIpc) is 2.81. The SMILES string of the molecule is CC1(C)CCC(C)(C)c2cc(-c3cccc(N4CCC(NC[C@H](N)CCO)CC4)n3)ccc21. The second kappa shape index (κ2) is 9.73. The van der Waals surface area contributed by atoms with Gasteiger partial charge in [0.05, 0.1) is 5.69 Å². The Bertz CT molecular complexity index is 947. The summed E-state index contributed by atoms with van der Waals surface area (Å²) in [7, 11) is 0. The van der Waals surface area contributed by atoms with Gasteiger partial charge in [0, 0.05) is 43.9 Å². The molecule has 1 aromatic carbocycles. The van der Waals surface area contributed by atoms with Crippen molar-refractivity contribution in [2.75, 3.05) is 31.1 Å². The van der Waals surface area contributed by atoms with Gasteiger partial charge in [0.15, 0.2) is 0 Å². The van der Waals surface area contributed by atoms with Gasteiger partial charge >= 0.3 is 0 Å². The largest absolute Gasteiger partial charge is 0.396 e. The van der Waals surface area contributed by atoms with Crippen LogP contribution in [0.25, 0.3) is 11.3 Å². The number of anilines is 1. The van der Waals surface area contributed by atoms with Gasteiger partial charge in [0.2, 0.25) is 0 Å². The highest BCUT2D eigenvalue weighted by Gasteiger charge is 2.37. The van der Waals surface area contributed by atoms with E-state index in [1.54, 1.807) is 0 Å². The fourth-order valence-corrected chi connectivity index (χ4v) is 5.41. The van der Waals surface area contributed by atoms with Crippen molar-refractivity contribution in [3.8, 4) is 11.3 Å². The van der Waals surface area contributed by atoms with Crippen LogP contribution in [-0.2, 0) is 10.8 Å². The summed E-state index contributed by atoms with van der Waals surface area (Å²) in [5, 5.41) is 12.6. The van der Waals surface area contributed by atoms with E-state index in [-0.39, 0.29) is 23.5 Å². The number of aliphatic hydroxyl groups is 1. The molecule has 0 spiro atoms. The fourth-order valence-electron chi connectivity index (χ4n) is 5.41. The molecule has 4 N–H and O–H groups in total. The summed E-state index contributed by atoms with van der Waals surface area (Å²) in [6.45, 7) is 12.4. The molecular formula is C28H42N4O. The molecule has 1 aromatic heterocycles. The first kappa shape index (κ1) is 24.2. The molecule has 0 bridgehead atoms. The Hall–Kier alpha value is -1.95. The third-order valence-corrected chi connectivity index (χ3v) is 7.87. The average molecular weight is 451 g/mol. The molecule has 2 heterocycles. The van der Waals surface area contributed by atoms with E-state index in [2.05, 4.69) is 74.3 Å². The van der Waals surface area contributed by atoms with E-state index in [9.17, 15) is 0 Å². The van der Waals surface area contributed by atoms with Crippen molar-refractivity contribution in [1.82, 2.24) is 10.3 Å². The van der Waals surface area contributed by atoms with E-state index in [1.807, 2.05) is 0 Å². The number of benzene rings is 1. The van der Waals surface area contributed by atoms with E-state index in [0.29, 0.717) is 12.5 Å². The van der Waals surface area contributed by atoms with Crippen LogP contribution in [-0.4, -0.2) is 48.4 Å². The van der Waals surface area contributed by atoms with E-state index in [1.165, 1.54) is 29.5 Å². The van der Waals surface area contributed by atoms with Crippen LogP contribution in [0, 0.1) is 0 Å². The molecule has 33 heavy (non-hydrogen) atoms. The van der Waals surface area contributed by atoms with E-state index in [4.69, 9.17) is 15.8 Å². The molecule has 180 valence electrons. The molecule has 2 aliphatic rings. The number of fused-ring (bicyclic) bond motifs is 1. The second-order valence-electron chi connectivity index (χ2n) is 11.4. The summed E-state index contributed by atoms with van der Waals surface area (Å²) >= 11 is 0. The van der Waals surface area contributed by atoms with E-state index < -0.39 is 0 Å². The molecule has 1 atom stereocenters. The summed E-state index contributed by atoms with van der Waals surface area (Å²) in [5.41, 5.74) is 11.7. The fraction of sp³-hybridized carbons (Fsp3) is 0.607. The lowest BCUT2D eigenvalue weighted by Gasteiger charge is -2.42. The van der Waals surface area contributed by atoms with Gasteiger partial charge in [-0.15, -0.1) is 0 Å². The van der Waals surface area contributed by atoms with Crippen LogP contribution in [0.3, 0.4) is 0 Å². The predicted molar refractivity (Wildman–Crippen MR) is 138 cm³/mol. The number of nitrogens with zero attached hydrogens (tertiary/aromatic N) is 2. The standard InChI is InChI=1S/C28H42N4O/c1-27(2)13-14-28(3,4)24-18-20(8-9-23(24)27)25-6-5-7-26(31-25)32-15-10-22(11-16-32)30-19-21(29)12-17-33/h5-9,18,21-22,30,33H,10-17,19,29H2,1-4H3/t21-/m1/s1. The second-order valence-corrected chi connectivity index (χ2v) is 11.4. The molecule has 0 radical (unpaired) electrons. The topological polar surface area (TPSA) is 74.4 Å². The quantitative estimate of drug-likeness (QED) is 0.584. The van der Waals surface area contributed by atoms with Gasteiger partial charge in [-0.3, -0.25) is 0 Å². The van der Waals surface area contributed by atoms with Gasteiger partial charge in [-0.05, 0) is 72.3 Å². The van der Waals surface area contributed by atoms with Gasteiger partial charge in [0.1, 0.15) is 5.82 Å². The molecule has 1 aliphatic carbocycles. The van der Waals surface area contributed by atoms with Crippen molar-refractivity contribution < 1.29 is 5.11 Å². The molecule has 4 rings (SSSR count). The molecule has 1 aliphatic heterocycles. The first-order valence-corrected chi connectivity index (χ1v) is 12.7. The Kier molecular flexibility index (Phi) is 7.13. The Labute approximate surface area is 199 Å². The summed E-state index contributed by atoms with van der Waals surface area (Å²) in [6, 6.07) is 13.9. The molecule has 5 nitrogen and oxygen atoms in total. The van der Waals surface area contributed by atoms with Crippen molar-refractivity contribution in [3.05, 3.63) is 47.5 Å². The first-order chi connectivity index (χ1) is 15.7. The molecule has 1 saturated heterocycles. The molecule has 2 aromatic rings. The minimum absolute atomic E-state index is 0.0264. The van der Waals surface area contributed by atoms with Gasteiger partial charge in [-0.2, -0.15) is 0 Å². The third kappa shape index (κ3) is 5.42. The molecule has 1 fully saturated rings. The van der Waals surface area contributed by atoms with Crippen molar-refractivity contribution in [2.45, 2.75) is 82.7 Å². The minimum Gasteiger partial charge on any atom is -0.396 e. The normalized spacial score (nSPS) is 21.0. The summed E-state index contributed by atoms with van der Waals surface area (Å²) in [6.07, 6.45) is 5.27. The summed E-state index contributed by atoms with van der Waals surface area (Å²) in [4.78, 5) is 7.48. The number of hydrogen-bond acceptors (Lipinski definition) is 5. The molecular weight excluding hydrogens is 408 g/mol. The van der Waals surface area contributed by atoms with Crippen LogP contribution in [0.15, 0.2) is 36.4 Å². The van der Waals surface area contributed by atoms with Crippen LogP contribution in [0.1, 0.15) is 70.9 Å². The Balaban J connectivity index is 1.46. The van der Waals surface area contributed by atoms with E-state index >= 15 is 0 Å². The molecule has 0 amide bonds. The van der Waals surface area contributed by atoms with Crippen molar-refractivity contribution >= 4 is 5.82 Å². The van der Waals surface area contributed by atoms with Crippen LogP contribution in [0.5, 0.6) is 0 Å². The van der Waals surface area contributed by atoms with Gasteiger partial charge in [-0.25, -0.2) is 4.98 Å². The zero-order chi connectivity index (χ0) is 23.6. The highest BCUT2D eigenvalue weighted by atomic mass is 16.3. The van der Waals surface area contributed by atoms with Gasteiger partial charge in [0.25, 0.3) is 0 Å². The van der Waals surface area contributed by atoms with Gasteiger partial charge < -0.3 is 21.1 Å². The van der Waals surface area contributed by atoms with Crippen LogP contribution in [0.4, 0.5) is 5.82 Å². The highest BCUT2D eigenvalue weighted by molar-refractivity contribution is 5.65. The summed E-state index contributed by atoms with van der Waals surface area (Å²) < 4.78 is 0. The van der Waals surface area contributed by atoms with Gasteiger partial charge in [-0.1, -0.05) is 45.9 Å². The Morgan fingerprint density at radius 1 is 1.06 bits per heavy atom. The minimum atomic E-state index is 0.0264. The lowest BCUT2D eigenvalue weighted by atomic mass is 9.63. The Morgan fingerprint density at radius 3 is 2.45 bits per heavy atom. The van der Waals surface area contributed by atoms with Crippen LogP contribution < -0.4 is 16.0 Å². The maximum Gasteiger partial charge on any atom is 0.129 e. The zero-order valence-electron chi connectivity index (χ0n) is 20.9. The number of aliphatic hydroxyl groups excluding tert-OH is 1. The number of rotatable bonds is 7. The maximum absolute atomic E-state index is 9.02. The number of piperidine rings is 1. The molecule has 0 saturated carbocycles. The lowest BCUT2D eigenvalue weighted by Crippen LogP contribution is -2.46.